The van der Waals surface area contributed by atoms with Crippen molar-refractivity contribution in [1.29, 1.82) is 0 Å². The first-order valence-corrected chi connectivity index (χ1v) is 10.2. The van der Waals surface area contributed by atoms with Gasteiger partial charge in [0.15, 0.2) is 11.2 Å². The summed E-state index contributed by atoms with van der Waals surface area (Å²) in [6.07, 6.45) is 5.19. The van der Waals surface area contributed by atoms with Gasteiger partial charge in [-0.05, 0) is 56.7 Å². The molecule has 3 aromatic heterocycles. The molecule has 0 amide bonds. The van der Waals surface area contributed by atoms with E-state index in [2.05, 4.69) is 28.3 Å². The Morgan fingerprint density at radius 1 is 1.10 bits per heavy atom. The van der Waals surface area contributed by atoms with Crippen molar-refractivity contribution in [1.82, 2.24) is 9.97 Å². The van der Waals surface area contributed by atoms with Crippen LogP contribution in [0.15, 0.2) is 64.2 Å². The first-order chi connectivity index (χ1) is 14.9. The number of fused-ring (bicyclic) bond motifs is 1. The van der Waals surface area contributed by atoms with Crippen LogP contribution in [0.4, 0.5) is 11.5 Å². The Balaban J connectivity index is 1.88. The number of nitrogens with zero attached hydrogens (tertiary/aromatic N) is 3. The molecule has 0 aliphatic carbocycles. The SMILES string of the molecule is Cc1cc(C(C)Nc2cccnc2N(C)C)c2oc(-c3cccnc3)c(C)c(=O)c2c1. The topological polar surface area (TPSA) is 71.3 Å². The number of nitrogens with one attached hydrogen (secondary N) is 1. The van der Waals surface area contributed by atoms with Crippen molar-refractivity contribution < 1.29 is 4.42 Å². The molecule has 158 valence electrons. The van der Waals surface area contributed by atoms with Crippen molar-refractivity contribution in [3.05, 3.63) is 81.9 Å². The molecule has 4 rings (SSSR count). The smallest absolute Gasteiger partial charge is 0.196 e. The molecule has 1 aromatic carbocycles. The Bertz CT molecular complexity index is 1300. The van der Waals surface area contributed by atoms with Crippen molar-refractivity contribution in [3.63, 3.8) is 0 Å². The zero-order valence-electron chi connectivity index (χ0n) is 18.4. The zero-order chi connectivity index (χ0) is 22.1. The number of hydrogen-bond donors (Lipinski definition) is 1. The van der Waals surface area contributed by atoms with E-state index in [1.54, 1.807) is 25.5 Å². The van der Waals surface area contributed by atoms with E-state index < -0.39 is 0 Å². The fourth-order valence-electron chi connectivity index (χ4n) is 3.84. The summed E-state index contributed by atoms with van der Waals surface area (Å²) in [5, 5.41) is 4.13. The van der Waals surface area contributed by atoms with Gasteiger partial charge < -0.3 is 14.6 Å². The van der Waals surface area contributed by atoms with Gasteiger partial charge >= 0.3 is 0 Å². The van der Waals surface area contributed by atoms with Crippen LogP contribution in [0.1, 0.15) is 29.7 Å². The molecular weight excluding hydrogens is 388 g/mol. The van der Waals surface area contributed by atoms with Crippen molar-refractivity contribution >= 4 is 22.5 Å². The fourth-order valence-corrected chi connectivity index (χ4v) is 3.84. The van der Waals surface area contributed by atoms with Gasteiger partial charge in [0.1, 0.15) is 11.3 Å². The van der Waals surface area contributed by atoms with Crippen molar-refractivity contribution in [2.24, 2.45) is 0 Å². The summed E-state index contributed by atoms with van der Waals surface area (Å²) in [5.41, 5.74) is 4.79. The summed E-state index contributed by atoms with van der Waals surface area (Å²) in [4.78, 5) is 23.8. The second kappa shape index (κ2) is 8.22. The predicted octanol–water partition coefficient (Wildman–Crippen LogP) is 5.11. The number of aromatic nitrogens is 2. The number of rotatable bonds is 5. The molecule has 1 atom stereocenters. The van der Waals surface area contributed by atoms with Gasteiger partial charge in [-0.15, -0.1) is 0 Å². The molecule has 1 unspecified atom stereocenters. The maximum absolute atomic E-state index is 13.2. The number of hydrogen-bond acceptors (Lipinski definition) is 6. The number of benzene rings is 1. The lowest BCUT2D eigenvalue weighted by atomic mass is 9.99. The Labute approximate surface area is 181 Å². The summed E-state index contributed by atoms with van der Waals surface area (Å²) < 4.78 is 6.38. The Morgan fingerprint density at radius 2 is 1.87 bits per heavy atom. The number of aryl methyl sites for hydroxylation is 1. The fraction of sp³-hybridized carbons (Fsp3) is 0.240. The molecule has 0 aliphatic heterocycles. The van der Waals surface area contributed by atoms with Crippen LogP contribution in [0.3, 0.4) is 0 Å². The second-order valence-corrected chi connectivity index (χ2v) is 7.99. The van der Waals surface area contributed by atoms with Crippen molar-refractivity contribution in [3.8, 4) is 11.3 Å². The van der Waals surface area contributed by atoms with Crippen molar-refractivity contribution in [2.45, 2.75) is 26.8 Å². The first-order valence-electron chi connectivity index (χ1n) is 10.2. The quantitative estimate of drug-likeness (QED) is 0.490. The molecule has 3 heterocycles. The van der Waals surface area contributed by atoms with Gasteiger partial charge in [0.25, 0.3) is 0 Å². The molecule has 6 nitrogen and oxygen atoms in total. The van der Waals surface area contributed by atoms with Gasteiger partial charge in [0, 0.05) is 49.4 Å². The Hall–Kier alpha value is -3.67. The van der Waals surface area contributed by atoms with Gasteiger partial charge in [0.05, 0.1) is 17.1 Å². The molecule has 4 aromatic rings. The van der Waals surface area contributed by atoms with Crippen LogP contribution in [0.2, 0.25) is 0 Å². The maximum Gasteiger partial charge on any atom is 0.196 e. The van der Waals surface area contributed by atoms with Crippen LogP contribution in [0.5, 0.6) is 0 Å². The molecule has 1 N–H and O–H groups in total. The Morgan fingerprint density at radius 3 is 2.58 bits per heavy atom. The van der Waals surface area contributed by atoms with E-state index in [1.165, 1.54) is 0 Å². The average molecular weight is 415 g/mol. The summed E-state index contributed by atoms with van der Waals surface area (Å²) in [5.74, 6) is 1.40. The molecule has 0 radical (unpaired) electrons. The number of pyridine rings is 2. The van der Waals surface area contributed by atoms with Crippen LogP contribution >= 0.6 is 0 Å². The second-order valence-electron chi connectivity index (χ2n) is 7.99. The van der Waals surface area contributed by atoms with E-state index in [0.29, 0.717) is 22.3 Å². The minimum Gasteiger partial charge on any atom is -0.455 e. The molecule has 0 saturated heterocycles. The largest absolute Gasteiger partial charge is 0.455 e. The van der Waals surface area contributed by atoms with E-state index in [1.807, 2.05) is 56.3 Å². The van der Waals surface area contributed by atoms with Crippen LogP contribution in [0.25, 0.3) is 22.3 Å². The standard InChI is InChI=1S/C25H26N4O2/c1-15-12-19(17(3)28-21-9-7-11-27-25(21)29(4)5)24-20(13-15)22(30)16(2)23(31-24)18-8-6-10-26-14-18/h6-14,17,28H,1-5H3. The predicted molar refractivity (Wildman–Crippen MR) is 126 cm³/mol. The average Bonchev–Trinajstić information content (AvgIpc) is 2.77. The van der Waals surface area contributed by atoms with Gasteiger partial charge in [0.2, 0.25) is 0 Å². The van der Waals surface area contributed by atoms with Gasteiger partial charge in [-0.3, -0.25) is 9.78 Å². The third-order valence-corrected chi connectivity index (χ3v) is 5.36. The minimum absolute atomic E-state index is 0.0207. The van der Waals surface area contributed by atoms with E-state index in [4.69, 9.17) is 4.42 Å². The van der Waals surface area contributed by atoms with Crippen molar-refractivity contribution in [2.75, 3.05) is 24.3 Å². The van der Waals surface area contributed by atoms with E-state index in [-0.39, 0.29) is 11.5 Å². The molecule has 6 heteroatoms. The lowest BCUT2D eigenvalue weighted by Gasteiger charge is -2.22. The van der Waals surface area contributed by atoms with Gasteiger partial charge in [-0.1, -0.05) is 6.07 Å². The summed E-state index contributed by atoms with van der Waals surface area (Å²) in [6, 6.07) is 11.5. The third kappa shape index (κ3) is 3.89. The minimum atomic E-state index is -0.113. The van der Waals surface area contributed by atoms with Crippen LogP contribution in [0, 0.1) is 13.8 Å². The Kier molecular flexibility index (Phi) is 5.46. The van der Waals surface area contributed by atoms with Gasteiger partial charge in [-0.25, -0.2) is 4.98 Å². The highest BCUT2D eigenvalue weighted by Crippen LogP contribution is 2.33. The van der Waals surface area contributed by atoms with Crippen LogP contribution in [-0.2, 0) is 0 Å². The molecule has 0 saturated carbocycles. The maximum atomic E-state index is 13.2. The van der Waals surface area contributed by atoms with Crippen LogP contribution < -0.4 is 15.6 Å². The number of anilines is 2. The summed E-state index contributed by atoms with van der Waals surface area (Å²) in [6.45, 7) is 5.86. The lowest BCUT2D eigenvalue weighted by molar-refractivity contribution is 0.605. The van der Waals surface area contributed by atoms with E-state index in [0.717, 1.165) is 28.2 Å². The molecule has 0 fully saturated rings. The highest BCUT2D eigenvalue weighted by atomic mass is 16.3. The first kappa shape index (κ1) is 20.6. The zero-order valence-corrected chi connectivity index (χ0v) is 18.4. The van der Waals surface area contributed by atoms with Gasteiger partial charge in [-0.2, -0.15) is 0 Å². The highest BCUT2D eigenvalue weighted by molar-refractivity contribution is 5.84. The molecule has 0 spiro atoms. The molecule has 31 heavy (non-hydrogen) atoms. The monoisotopic (exact) mass is 414 g/mol. The highest BCUT2D eigenvalue weighted by Gasteiger charge is 2.20. The summed E-state index contributed by atoms with van der Waals surface area (Å²) >= 11 is 0. The third-order valence-electron chi connectivity index (χ3n) is 5.36. The molecule has 0 aliphatic rings. The van der Waals surface area contributed by atoms with Crippen LogP contribution in [-0.4, -0.2) is 24.1 Å². The molecular formula is C25H26N4O2. The summed E-state index contributed by atoms with van der Waals surface area (Å²) in [7, 11) is 3.92. The van der Waals surface area contributed by atoms with E-state index >= 15 is 0 Å². The van der Waals surface area contributed by atoms with E-state index in [9.17, 15) is 4.79 Å². The molecule has 0 bridgehead atoms. The lowest BCUT2D eigenvalue weighted by Crippen LogP contribution is -2.16. The normalized spacial score (nSPS) is 12.0.